The number of methoxy groups -OCH3 is 1. The predicted octanol–water partition coefficient (Wildman–Crippen LogP) is 4.30. The lowest BCUT2D eigenvalue weighted by atomic mass is 9.81. The minimum Gasteiger partial charge on any atom is -0.379 e. The Kier molecular flexibility index (Phi) is 5.27. The minimum atomic E-state index is -4.31. The molecule has 5 heteroatoms. The number of alkyl halides is 3. The number of hydrogen-bond donors (Lipinski definition) is 1. The molecule has 2 nitrogen and oxygen atoms in total. The minimum absolute atomic E-state index is 0.137. The fourth-order valence-corrected chi connectivity index (χ4v) is 3.18. The Morgan fingerprint density at radius 2 is 1.67 bits per heavy atom. The molecule has 21 heavy (non-hydrogen) atoms. The van der Waals surface area contributed by atoms with E-state index in [9.17, 15) is 13.2 Å². The summed E-state index contributed by atoms with van der Waals surface area (Å²) < 4.78 is 43.3. The first kappa shape index (κ1) is 16.3. The van der Waals surface area contributed by atoms with Crippen molar-refractivity contribution in [3.05, 3.63) is 35.4 Å². The summed E-state index contributed by atoms with van der Waals surface area (Å²) in [5, 5.41) is 0. The van der Waals surface area contributed by atoms with Gasteiger partial charge in [-0.3, -0.25) is 0 Å². The van der Waals surface area contributed by atoms with Gasteiger partial charge in [-0.15, -0.1) is 0 Å². The summed E-state index contributed by atoms with van der Waals surface area (Å²) in [6.07, 6.45) is 1.28. The van der Waals surface area contributed by atoms with Crippen LogP contribution in [0.15, 0.2) is 24.3 Å². The molecule has 2 rings (SSSR count). The molecule has 0 saturated heterocycles. The number of halogens is 3. The normalized spacial score (nSPS) is 20.2. The van der Waals surface area contributed by atoms with Crippen LogP contribution < -0.4 is 5.73 Å². The molecule has 0 spiro atoms. The molecule has 2 atom stereocenters. The largest absolute Gasteiger partial charge is 0.416 e. The molecule has 0 heterocycles. The van der Waals surface area contributed by atoms with E-state index in [2.05, 4.69) is 0 Å². The van der Waals surface area contributed by atoms with Crippen molar-refractivity contribution in [3.8, 4) is 0 Å². The second-order valence-corrected chi connectivity index (χ2v) is 5.74. The highest BCUT2D eigenvalue weighted by Crippen LogP contribution is 2.34. The van der Waals surface area contributed by atoms with E-state index in [4.69, 9.17) is 10.5 Å². The van der Waals surface area contributed by atoms with Gasteiger partial charge in [-0.25, -0.2) is 0 Å². The van der Waals surface area contributed by atoms with Crippen molar-refractivity contribution < 1.29 is 17.9 Å². The first-order valence-electron chi connectivity index (χ1n) is 7.39. The molecule has 0 aliphatic heterocycles. The van der Waals surface area contributed by atoms with Gasteiger partial charge in [-0.2, -0.15) is 13.2 Å². The van der Waals surface area contributed by atoms with Gasteiger partial charge < -0.3 is 10.5 Å². The van der Waals surface area contributed by atoms with Crippen LogP contribution >= 0.6 is 0 Å². The molecule has 1 saturated carbocycles. The van der Waals surface area contributed by atoms with Gasteiger partial charge in [-0.05, 0) is 36.5 Å². The third-order valence-corrected chi connectivity index (χ3v) is 4.36. The van der Waals surface area contributed by atoms with Crippen LogP contribution in [0.1, 0.15) is 49.3 Å². The summed E-state index contributed by atoms with van der Waals surface area (Å²) in [4.78, 5) is 0. The lowest BCUT2D eigenvalue weighted by Crippen LogP contribution is -2.35. The van der Waals surface area contributed by atoms with Crippen LogP contribution in [0.3, 0.4) is 0 Å². The molecular weight excluding hydrogens is 279 g/mol. The second kappa shape index (κ2) is 6.79. The van der Waals surface area contributed by atoms with Crippen LogP contribution in [-0.2, 0) is 10.9 Å². The molecule has 1 aromatic rings. The average molecular weight is 301 g/mol. The second-order valence-electron chi connectivity index (χ2n) is 5.74. The zero-order chi connectivity index (χ0) is 15.5. The lowest BCUT2D eigenvalue weighted by molar-refractivity contribution is -0.137. The van der Waals surface area contributed by atoms with Crippen molar-refractivity contribution in [3.63, 3.8) is 0 Å². The van der Waals surface area contributed by atoms with Gasteiger partial charge in [0.1, 0.15) is 0 Å². The molecule has 0 amide bonds. The number of benzene rings is 1. The highest BCUT2D eigenvalue weighted by Gasteiger charge is 2.32. The zero-order valence-electron chi connectivity index (χ0n) is 12.2. The van der Waals surface area contributed by atoms with Crippen molar-refractivity contribution in [1.29, 1.82) is 0 Å². The molecule has 118 valence electrons. The van der Waals surface area contributed by atoms with E-state index in [1.165, 1.54) is 31.4 Å². The first-order valence-corrected chi connectivity index (χ1v) is 7.39. The third-order valence-electron chi connectivity index (χ3n) is 4.36. The fourth-order valence-electron chi connectivity index (χ4n) is 3.18. The van der Waals surface area contributed by atoms with Crippen LogP contribution in [0.5, 0.6) is 0 Å². The Hall–Kier alpha value is -1.07. The van der Waals surface area contributed by atoms with Crippen molar-refractivity contribution in [2.45, 2.75) is 50.4 Å². The van der Waals surface area contributed by atoms with E-state index >= 15 is 0 Å². The maximum Gasteiger partial charge on any atom is 0.416 e. The van der Waals surface area contributed by atoms with E-state index in [0.29, 0.717) is 11.5 Å². The van der Waals surface area contributed by atoms with Crippen LogP contribution in [-0.4, -0.2) is 13.2 Å². The average Bonchev–Trinajstić information content (AvgIpc) is 2.48. The van der Waals surface area contributed by atoms with Crippen molar-refractivity contribution >= 4 is 0 Å². The summed E-state index contributed by atoms with van der Waals surface area (Å²) in [5.41, 5.74) is 6.28. The summed E-state index contributed by atoms with van der Waals surface area (Å²) in [7, 11) is 1.63. The van der Waals surface area contributed by atoms with E-state index < -0.39 is 11.7 Å². The summed E-state index contributed by atoms with van der Waals surface area (Å²) in [5.74, 6) is 0.390. The van der Waals surface area contributed by atoms with Crippen molar-refractivity contribution in [2.24, 2.45) is 11.7 Å². The lowest BCUT2D eigenvalue weighted by Gasteiger charge is -2.33. The maximum atomic E-state index is 12.6. The predicted molar refractivity (Wildman–Crippen MR) is 75.7 cm³/mol. The third kappa shape index (κ3) is 3.98. The first-order chi connectivity index (χ1) is 9.93. The van der Waals surface area contributed by atoms with E-state index in [1.54, 1.807) is 7.11 Å². The van der Waals surface area contributed by atoms with Crippen LogP contribution in [0.25, 0.3) is 0 Å². The molecule has 0 radical (unpaired) electrons. The number of ether oxygens (including phenoxy) is 1. The van der Waals surface area contributed by atoms with Gasteiger partial charge in [0.2, 0.25) is 0 Å². The van der Waals surface area contributed by atoms with Gasteiger partial charge in [0.15, 0.2) is 0 Å². The molecule has 2 N–H and O–H groups in total. The van der Waals surface area contributed by atoms with E-state index in [1.807, 2.05) is 0 Å². The molecule has 1 aliphatic carbocycles. The van der Waals surface area contributed by atoms with Crippen LogP contribution in [0.2, 0.25) is 0 Å². The Labute approximate surface area is 123 Å². The molecule has 1 aliphatic rings. The maximum absolute atomic E-state index is 12.6. The van der Waals surface area contributed by atoms with Gasteiger partial charge in [0.05, 0.1) is 17.7 Å². The molecule has 0 aromatic heterocycles. The van der Waals surface area contributed by atoms with Crippen LogP contribution in [0, 0.1) is 5.92 Å². The van der Waals surface area contributed by atoms with Crippen LogP contribution in [0.4, 0.5) is 13.2 Å². The Morgan fingerprint density at radius 1 is 1.10 bits per heavy atom. The van der Waals surface area contributed by atoms with Gasteiger partial charge in [0, 0.05) is 7.11 Å². The SMILES string of the molecule is COC(C1CCCCC1)C(N)c1ccc(C(F)(F)F)cc1. The van der Waals surface area contributed by atoms with Gasteiger partial charge in [0.25, 0.3) is 0 Å². The molecule has 1 fully saturated rings. The van der Waals surface area contributed by atoms with Crippen molar-refractivity contribution in [2.75, 3.05) is 7.11 Å². The molecule has 0 bridgehead atoms. The molecule has 1 aromatic carbocycles. The number of rotatable bonds is 4. The highest BCUT2D eigenvalue weighted by atomic mass is 19.4. The van der Waals surface area contributed by atoms with E-state index in [-0.39, 0.29) is 12.1 Å². The van der Waals surface area contributed by atoms with Gasteiger partial charge >= 0.3 is 6.18 Å². The zero-order valence-corrected chi connectivity index (χ0v) is 12.2. The quantitative estimate of drug-likeness (QED) is 0.900. The summed E-state index contributed by atoms with van der Waals surface area (Å²) in [6.45, 7) is 0. The smallest absolute Gasteiger partial charge is 0.379 e. The van der Waals surface area contributed by atoms with Gasteiger partial charge in [-0.1, -0.05) is 31.4 Å². The standard InChI is InChI=1S/C16H22F3NO/c1-21-15(12-5-3-2-4-6-12)14(20)11-7-9-13(10-8-11)16(17,18)19/h7-10,12,14-15H,2-6,20H2,1H3. The topological polar surface area (TPSA) is 35.2 Å². The molecule has 2 unspecified atom stereocenters. The fraction of sp³-hybridized carbons (Fsp3) is 0.625. The number of nitrogens with two attached hydrogens (primary N) is 1. The Balaban J connectivity index is 2.11. The highest BCUT2D eigenvalue weighted by molar-refractivity contribution is 5.27. The Morgan fingerprint density at radius 3 is 2.14 bits per heavy atom. The number of hydrogen-bond acceptors (Lipinski definition) is 2. The monoisotopic (exact) mass is 301 g/mol. The molecular formula is C16H22F3NO. The van der Waals surface area contributed by atoms with E-state index in [0.717, 1.165) is 25.0 Å². The summed E-state index contributed by atoms with van der Waals surface area (Å²) in [6, 6.07) is 4.70. The Bertz CT molecular complexity index is 438. The summed E-state index contributed by atoms with van der Waals surface area (Å²) >= 11 is 0. The van der Waals surface area contributed by atoms with Crippen molar-refractivity contribution in [1.82, 2.24) is 0 Å².